The Kier molecular flexibility index (Phi) is 4.28. The number of hydrogen-bond acceptors (Lipinski definition) is 9. The molecule has 11 heteroatoms. The number of fused-ring (bicyclic) bond motifs is 4. The number of non-ortho nitro benzene ring substituents is 1. The highest BCUT2D eigenvalue weighted by Crippen LogP contribution is 2.47. The molecule has 4 heterocycles. The molecule has 4 aliphatic rings. The standard InChI is InChI=1S/C23H16N4O7/c28-21(12-3-1-4-14(9-12)27(31)32)20-19-18(15-5-2-8-24-26(15)20)22(29)25(23(19)30)13-6-7-16-17(10-13)34-11-33-16/h1-10,15,18-20H,11H2/t15-,18+,19+,20-/m0/s1. The quantitative estimate of drug-likeness (QED) is 0.293. The average molecular weight is 460 g/mol. The van der Waals surface area contributed by atoms with Crippen molar-refractivity contribution in [3.8, 4) is 11.5 Å². The van der Waals surface area contributed by atoms with E-state index in [-0.39, 0.29) is 18.0 Å². The predicted molar refractivity (Wildman–Crippen MR) is 117 cm³/mol. The van der Waals surface area contributed by atoms with E-state index < -0.39 is 46.4 Å². The average Bonchev–Trinajstić information content (AvgIpc) is 3.51. The molecule has 0 N–H and O–H groups in total. The zero-order valence-electron chi connectivity index (χ0n) is 17.4. The molecule has 0 bridgehead atoms. The Hall–Kier alpha value is -4.54. The summed E-state index contributed by atoms with van der Waals surface area (Å²) in [6, 6.07) is 8.40. The van der Waals surface area contributed by atoms with Gasteiger partial charge in [-0.3, -0.25) is 29.5 Å². The van der Waals surface area contributed by atoms with Gasteiger partial charge in [-0.15, -0.1) is 0 Å². The van der Waals surface area contributed by atoms with Gasteiger partial charge in [0, 0.05) is 30.0 Å². The molecule has 4 aliphatic heterocycles. The highest BCUT2D eigenvalue weighted by atomic mass is 16.7. The van der Waals surface area contributed by atoms with Crippen molar-refractivity contribution in [3.05, 3.63) is 70.3 Å². The van der Waals surface area contributed by atoms with Crippen LogP contribution in [0.4, 0.5) is 11.4 Å². The maximum absolute atomic E-state index is 13.6. The van der Waals surface area contributed by atoms with Gasteiger partial charge in [-0.2, -0.15) is 5.10 Å². The summed E-state index contributed by atoms with van der Waals surface area (Å²) in [5.41, 5.74) is 0.157. The molecule has 2 saturated heterocycles. The first-order chi connectivity index (χ1) is 16.5. The molecular formula is C23H16N4O7. The third-order valence-electron chi connectivity index (χ3n) is 6.52. The fraction of sp³-hybridized carbons (Fsp3) is 0.217. The number of nitro groups is 1. The van der Waals surface area contributed by atoms with Gasteiger partial charge >= 0.3 is 0 Å². The Morgan fingerprint density at radius 3 is 2.68 bits per heavy atom. The fourth-order valence-electron chi connectivity index (χ4n) is 5.06. The number of imide groups is 1. The van der Waals surface area contributed by atoms with Crippen molar-refractivity contribution in [1.29, 1.82) is 0 Å². The van der Waals surface area contributed by atoms with Crippen LogP contribution in [0.15, 0.2) is 59.7 Å². The first-order valence-electron chi connectivity index (χ1n) is 10.5. The predicted octanol–water partition coefficient (Wildman–Crippen LogP) is 1.92. The van der Waals surface area contributed by atoms with Crippen LogP contribution in [0, 0.1) is 22.0 Å². The van der Waals surface area contributed by atoms with Crippen molar-refractivity contribution in [2.45, 2.75) is 12.1 Å². The van der Waals surface area contributed by atoms with Gasteiger partial charge in [-0.05, 0) is 18.2 Å². The largest absolute Gasteiger partial charge is 0.454 e. The van der Waals surface area contributed by atoms with Crippen molar-refractivity contribution in [2.75, 3.05) is 11.7 Å². The molecule has 0 radical (unpaired) electrons. The topological polar surface area (TPSA) is 132 Å². The fourth-order valence-corrected chi connectivity index (χ4v) is 5.06. The number of hydrazone groups is 1. The number of benzene rings is 2. The zero-order valence-corrected chi connectivity index (χ0v) is 17.4. The second kappa shape index (κ2) is 7.24. The number of carbonyl (C=O) groups is 3. The van der Waals surface area contributed by atoms with Gasteiger partial charge in [0.1, 0.15) is 6.04 Å². The summed E-state index contributed by atoms with van der Waals surface area (Å²) in [4.78, 5) is 52.4. The van der Waals surface area contributed by atoms with Crippen LogP contribution in [0.25, 0.3) is 0 Å². The smallest absolute Gasteiger partial charge is 0.270 e. The Balaban J connectivity index is 1.41. The molecule has 2 fully saturated rings. The first kappa shape index (κ1) is 20.1. The van der Waals surface area contributed by atoms with Crippen LogP contribution in [0.2, 0.25) is 0 Å². The molecule has 6 rings (SSSR count). The molecule has 0 spiro atoms. The normalized spacial score (nSPS) is 26.1. The molecule has 0 unspecified atom stereocenters. The van der Waals surface area contributed by atoms with Gasteiger partial charge in [0.25, 0.3) is 5.69 Å². The maximum atomic E-state index is 13.6. The minimum atomic E-state index is -1.09. The van der Waals surface area contributed by atoms with Crippen LogP contribution in [0.5, 0.6) is 11.5 Å². The number of hydrogen-bond donors (Lipinski definition) is 0. The summed E-state index contributed by atoms with van der Waals surface area (Å²) >= 11 is 0. The van der Waals surface area contributed by atoms with Crippen molar-refractivity contribution in [1.82, 2.24) is 5.01 Å². The number of carbonyl (C=O) groups excluding carboxylic acids is 3. The minimum Gasteiger partial charge on any atom is -0.454 e. The lowest BCUT2D eigenvalue weighted by molar-refractivity contribution is -0.384. The first-order valence-corrected chi connectivity index (χ1v) is 10.5. The van der Waals surface area contributed by atoms with E-state index >= 15 is 0 Å². The van der Waals surface area contributed by atoms with E-state index in [1.165, 1.54) is 35.5 Å². The van der Waals surface area contributed by atoms with Crippen LogP contribution < -0.4 is 14.4 Å². The highest BCUT2D eigenvalue weighted by molar-refractivity contribution is 6.24. The molecule has 0 saturated carbocycles. The molecule has 34 heavy (non-hydrogen) atoms. The molecule has 2 aromatic rings. The summed E-state index contributed by atoms with van der Waals surface area (Å²) in [6.45, 7) is 0.0472. The number of ether oxygens (including phenoxy) is 2. The minimum absolute atomic E-state index is 0.0472. The number of anilines is 1. The molecule has 170 valence electrons. The van der Waals surface area contributed by atoms with Crippen LogP contribution >= 0.6 is 0 Å². The van der Waals surface area contributed by atoms with E-state index in [4.69, 9.17) is 9.47 Å². The third kappa shape index (κ3) is 2.76. The second-order valence-electron chi connectivity index (χ2n) is 8.24. The van der Waals surface area contributed by atoms with E-state index in [2.05, 4.69) is 5.10 Å². The Morgan fingerprint density at radius 2 is 1.85 bits per heavy atom. The van der Waals surface area contributed by atoms with Crippen molar-refractivity contribution in [2.24, 2.45) is 16.9 Å². The SMILES string of the molecule is O=C(c1cccc([N+](=O)[O-])c1)[C@@H]1[C@@H]2C(=O)N(c3ccc4c(c3)OCO4)C(=O)[C@@H]2[C@@H]2C=CC=NN12. The van der Waals surface area contributed by atoms with Crippen molar-refractivity contribution < 1.29 is 28.8 Å². The lowest BCUT2D eigenvalue weighted by atomic mass is 9.86. The third-order valence-corrected chi connectivity index (χ3v) is 6.52. The van der Waals surface area contributed by atoms with Gasteiger partial charge in [-0.25, -0.2) is 4.90 Å². The summed E-state index contributed by atoms with van der Waals surface area (Å²) in [5.74, 6) is -2.40. The van der Waals surface area contributed by atoms with Gasteiger partial charge in [0.05, 0.1) is 28.5 Å². The van der Waals surface area contributed by atoms with E-state index in [0.717, 1.165) is 4.90 Å². The summed E-state index contributed by atoms with van der Waals surface area (Å²) in [5, 5.41) is 17.0. The maximum Gasteiger partial charge on any atom is 0.270 e. The molecule has 4 atom stereocenters. The molecule has 11 nitrogen and oxygen atoms in total. The van der Waals surface area contributed by atoms with Crippen molar-refractivity contribution in [3.63, 3.8) is 0 Å². The van der Waals surface area contributed by atoms with E-state index in [1.807, 2.05) is 0 Å². The Labute approximate surface area is 192 Å². The Bertz CT molecular complexity index is 1340. The number of Topliss-reactive ketones (excluding diaryl/α,β-unsaturated/α-hetero) is 1. The molecule has 0 aliphatic carbocycles. The summed E-state index contributed by atoms with van der Waals surface area (Å²) < 4.78 is 10.7. The van der Waals surface area contributed by atoms with Crippen LogP contribution in [-0.4, -0.2) is 52.6 Å². The lowest BCUT2D eigenvalue weighted by Crippen LogP contribution is -2.46. The van der Waals surface area contributed by atoms with Gasteiger partial charge in [0.2, 0.25) is 18.6 Å². The molecule has 2 aromatic carbocycles. The number of nitro benzene ring substituents is 1. The molecular weight excluding hydrogens is 444 g/mol. The van der Waals surface area contributed by atoms with Gasteiger partial charge in [0.15, 0.2) is 17.3 Å². The molecule has 2 amide bonds. The van der Waals surface area contributed by atoms with Gasteiger partial charge < -0.3 is 9.47 Å². The van der Waals surface area contributed by atoms with E-state index in [1.54, 1.807) is 30.4 Å². The van der Waals surface area contributed by atoms with Crippen LogP contribution in [0.3, 0.4) is 0 Å². The monoisotopic (exact) mass is 460 g/mol. The number of amides is 2. The van der Waals surface area contributed by atoms with Crippen LogP contribution in [0.1, 0.15) is 10.4 Å². The van der Waals surface area contributed by atoms with Crippen LogP contribution in [-0.2, 0) is 9.59 Å². The number of nitrogens with zero attached hydrogens (tertiary/aromatic N) is 4. The number of ketones is 1. The van der Waals surface area contributed by atoms with Crippen molar-refractivity contribution >= 4 is 35.2 Å². The van der Waals surface area contributed by atoms with E-state index in [0.29, 0.717) is 17.2 Å². The van der Waals surface area contributed by atoms with Gasteiger partial charge in [-0.1, -0.05) is 18.2 Å². The lowest BCUT2D eigenvalue weighted by Gasteiger charge is -2.30. The zero-order chi connectivity index (χ0) is 23.6. The summed E-state index contributed by atoms with van der Waals surface area (Å²) in [6.07, 6.45) is 4.88. The van der Waals surface area contributed by atoms with E-state index in [9.17, 15) is 24.5 Å². The summed E-state index contributed by atoms with van der Waals surface area (Å²) in [7, 11) is 0. The second-order valence-corrected chi connectivity index (χ2v) is 8.24. The Morgan fingerprint density at radius 1 is 1.06 bits per heavy atom. The molecule has 0 aromatic heterocycles. The number of rotatable bonds is 4. The highest BCUT2D eigenvalue weighted by Gasteiger charge is 2.64. The number of allylic oxidation sites excluding steroid dienone is 1.